The molecule has 1 N–H and O–H groups in total. The van der Waals surface area contributed by atoms with Gasteiger partial charge in [0, 0.05) is 7.05 Å². The van der Waals surface area contributed by atoms with Crippen LogP contribution in [0.3, 0.4) is 0 Å². The van der Waals surface area contributed by atoms with E-state index in [1.165, 1.54) is 4.90 Å². The van der Waals surface area contributed by atoms with Gasteiger partial charge in [-0.25, -0.2) is 0 Å². The maximum absolute atomic E-state index is 11.8. The molecule has 0 unspecified atom stereocenters. The second-order valence-corrected chi connectivity index (χ2v) is 3.94. The Hall–Kier alpha value is -1.97. The number of rotatable bonds is 3. The molecule has 0 aromatic heterocycles. The van der Waals surface area contributed by atoms with Crippen molar-refractivity contribution in [1.82, 2.24) is 4.90 Å². The van der Waals surface area contributed by atoms with E-state index in [4.69, 9.17) is 4.74 Å². The molecule has 1 aromatic carbocycles. The molecule has 0 radical (unpaired) electrons. The third kappa shape index (κ3) is 2.11. The van der Waals surface area contributed by atoms with Crippen LogP contribution < -0.4 is 4.74 Å². The number of likely N-dealkylation sites (N-methyl/N-ethyl adjacent to an activating group) is 1. The van der Waals surface area contributed by atoms with E-state index in [1.54, 1.807) is 31.3 Å². The Morgan fingerprint density at radius 3 is 2.47 bits per heavy atom. The topological polar surface area (TPSA) is 49.8 Å². The number of aliphatic hydroxyl groups excluding tert-OH is 1. The number of amides is 1. The van der Waals surface area contributed by atoms with Crippen molar-refractivity contribution in [2.45, 2.75) is 6.92 Å². The highest BCUT2D eigenvalue weighted by Crippen LogP contribution is 2.27. The van der Waals surface area contributed by atoms with Gasteiger partial charge in [0.1, 0.15) is 11.5 Å². The number of carbonyl (C=O) groups excluding carboxylic acids is 1. The Bertz CT molecular complexity index is 462. The fourth-order valence-corrected chi connectivity index (χ4v) is 1.86. The zero-order valence-corrected chi connectivity index (χ0v) is 9.93. The summed E-state index contributed by atoms with van der Waals surface area (Å²) >= 11 is 0. The molecule has 0 fully saturated rings. The Labute approximate surface area is 100 Å². The van der Waals surface area contributed by atoms with Crippen molar-refractivity contribution in [3.8, 4) is 5.75 Å². The minimum atomic E-state index is -0.147. The SMILES string of the molecule is CCOc1ccc(C2=C(O)CN(C)C2=O)cc1. The molecule has 17 heavy (non-hydrogen) atoms. The van der Waals surface area contributed by atoms with Crippen molar-refractivity contribution in [3.05, 3.63) is 35.6 Å². The van der Waals surface area contributed by atoms with E-state index in [2.05, 4.69) is 0 Å². The first-order valence-corrected chi connectivity index (χ1v) is 5.54. The number of aliphatic hydroxyl groups is 1. The second kappa shape index (κ2) is 4.49. The molecule has 1 aliphatic rings. The van der Waals surface area contributed by atoms with Crippen LogP contribution in [-0.2, 0) is 4.79 Å². The third-order valence-electron chi connectivity index (χ3n) is 2.69. The van der Waals surface area contributed by atoms with Crippen LogP contribution in [0.1, 0.15) is 12.5 Å². The largest absolute Gasteiger partial charge is 0.510 e. The molecular formula is C13H15NO3. The van der Waals surface area contributed by atoms with E-state index in [1.807, 2.05) is 6.92 Å². The van der Waals surface area contributed by atoms with Crippen LogP contribution in [0.25, 0.3) is 5.57 Å². The molecule has 2 rings (SSSR count). The zero-order chi connectivity index (χ0) is 12.4. The molecule has 0 saturated carbocycles. The molecule has 1 aromatic rings. The lowest BCUT2D eigenvalue weighted by atomic mass is 10.1. The van der Waals surface area contributed by atoms with Gasteiger partial charge in [0.05, 0.1) is 18.7 Å². The van der Waals surface area contributed by atoms with Crippen molar-refractivity contribution in [2.24, 2.45) is 0 Å². The quantitative estimate of drug-likeness (QED) is 0.866. The van der Waals surface area contributed by atoms with Crippen molar-refractivity contribution in [3.63, 3.8) is 0 Å². The highest BCUT2D eigenvalue weighted by Gasteiger charge is 2.28. The number of nitrogens with zero attached hydrogens (tertiary/aromatic N) is 1. The predicted octanol–water partition coefficient (Wildman–Crippen LogP) is 1.83. The van der Waals surface area contributed by atoms with Crippen LogP contribution in [0, 0.1) is 0 Å². The van der Waals surface area contributed by atoms with Crippen molar-refractivity contribution in [1.29, 1.82) is 0 Å². The Morgan fingerprint density at radius 1 is 1.35 bits per heavy atom. The van der Waals surface area contributed by atoms with Crippen LogP contribution >= 0.6 is 0 Å². The van der Waals surface area contributed by atoms with Crippen LogP contribution in [0.5, 0.6) is 5.75 Å². The van der Waals surface area contributed by atoms with E-state index >= 15 is 0 Å². The van der Waals surface area contributed by atoms with Gasteiger partial charge in [0.15, 0.2) is 0 Å². The van der Waals surface area contributed by atoms with Crippen molar-refractivity contribution < 1.29 is 14.6 Å². The second-order valence-electron chi connectivity index (χ2n) is 3.94. The van der Waals surface area contributed by atoms with E-state index in [-0.39, 0.29) is 18.2 Å². The van der Waals surface area contributed by atoms with E-state index in [9.17, 15) is 9.90 Å². The molecule has 4 nitrogen and oxygen atoms in total. The maximum Gasteiger partial charge on any atom is 0.258 e. The van der Waals surface area contributed by atoms with E-state index in [0.717, 1.165) is 11.3 Å². The van der Waals surface area contributed by atoms with Gasteiger partial charge in [-0.15, -0.1) is 0 Å². The fourth-order valence-electron chi connectivity index (χ4n) is 1.86. The average molecular weight is 233 g/mol. The molecule has 0 saturated heterocycles. The first kappa shape index (κ1) is 11.5. The summed E-state index contributed by atoms with van der Waals surface area (Å²) in [7, 11) is 1.67. The number of ether oxygens (including phenoxy) is 1. The fraction of sp³-hybridized carbons (Fsp3) is 0.308. The van der Waals surface area contributed by atoms with Gasteiger partial charge in [-0.1, -0.05) is 12.1 Å². The van der Waals surface area contributed by atoms with Crippen LogP contribution in [0.2, 0.25) is 0 Å². The van der Waals surface area contributed by atoms with Crippen LogP contribution in [0.4, 0.5) is 0 Å². The van der Waals surface area contributed by atoms with Gasteiger partial charge in [-0.05, 0) is 24.6 Å². The average Bonchev–Trinajstić information content (AvgIpc) is 2.55. The number of benzene rings is 1. The zero-order valence-electron chi connectivity index (χ0n) is 9.93. The van der Waals surface area contributed by atoms with Gasteiger partial charge in [0.2, 0.25) is 0 Å². The molecule has 0 aliphatic carbocycles. The molecular weight excluding hydrogens is 218 g/mol. The highest BCUT2D eigenvalue weighted by atomic mass is 16.5. The first-order chi connectivity index (χ1) is 8.13. The first-order valence-electron chi connectivity index (χ1n) is 5.54. The standard InChI is InChI=1S/C13H15NO3/c1-3-17-10-6-4-9(5-7-10)12-11(15)8-14(2)13(12)16/h4-7,15H,3,8H2,1-2H3. The van der Waals surface area contributed by atoms with Crippen molar-refractivity contribution >= 4 is 11.5 Å². The Balaban J connectivity index is 2.29. The van der Waals surface area contributed by atoms with Crippen LogP contribution in [0.15, 0.2) is 30.0 Å². The molecule has 0 spiro atoms. The lowest BCUT2D eigenvalue weighted by molar-refractivity contribution is -0.122. The summed E-state index contributed by atoms with van der Waals surface area (Å²) in [5.41, 5.74) is 1.11. The third-order valence-corrected chi connectivity index (χ3v) is 2.69. The normalized spacial score (nSPS) is 15.6. The van der Waals surface area contributed by atoms with Crippen LogP contribution in [-0.4, -0.2) is 36.1 Å². The van der Waals surface area contributed by atoms with Crippen molar-refractivity contribution in [2.75, 3.05) is 20.2 Å². The smallest absolute Gasteiger partial charge is 0.258 e. The summed E-state index contributed by atoms with van der Waals surface area (Å²) in [4.78, 5) is 13.3. The molecule has 0 bridgehead atoms. The summed E-state index contributed by atoms with van der Waals surface area (Å²) < 4.78 is 5.32. The number of hydrogen-bond donors (Lipinski definition) is 1. The van der Waals surface area contributed by atoms with E-state index in [0.29, 0.717) is 12.2 Å². The summed E-state index contributed by atoms with van der Waals surface area (Å²) in [6.07, 6.45) is 0. The maximum atomic E-state index is 11.8. The van der Waals surface area contributed by atoms with Gasteiger partial charge < -0.3 is 14.7 Å². The molecule has 1 aliphatic heterocycles. The van der Waals surface area contributed by atoms with E-state index < -0.39 is 0 Å². The summed E-state index contributed by atoms with van der Waals surface area (Å²) in [6.45, 7) is 2.80. The molecule has 90 valence electrons. The minimum absolute atomic E-state index is 0.127. The van der Waals surface area contributed by atoms with Gasteiger partial charge in [-0.2, -0.15) is 0 Å². The molecule has 1 amide bonds. The number of hydrogen-bond acceptors (Lipinski definition) is 3. The lowest BCUT2D eigenvalue weighted by Gasteiger charge is -2.08. The van der Waals surface area contributed by atoms with Gasteiger partial charge in [-0.3, -0.25) is 4.79 Å². The summed E-state index contributed by atoms with van der Waals surface area (Å²) in [6, 6.07) is 7.16. The Morgan fingerprint density at radius 2 is 2.00 bits per heavy atom. The lowest BCUT2D eigenvalue weighted by Crippen LogP contribution is -2.21. The molecule has 4 heteroatoms. The number of carbonyl (C=O) groups is 1. The molecule has 1 heterocycles. The van der Waals surface area contributed by atoms with Gasteiger partial charge >= 0.3 is 0 Å². The minimum Gasteiger partial charge on any atom is -0.510 e. The Kier molecular flexibility index (Phi) is 3.04. The summed E-state index contributed by atoms with van der Waals surface area (Å²) in [5, 5.41) is 9.74. The molecule has 0 atom stereocenters. The van der Waals surface area contributed by atoms with Gasteiger partial charge in [0.25, 0.3) is 5.91 Å². The predicted molar refractivity (Wildman–Crippen MR) is 64.8 cm³/mol. The highest BCUT2D eigenvalue weighted by molar-refractivity contribution is 6.22. The monoisotopic (exact) mass is 233 g/mol. The summed E-state index contributed by atoms with van der Waals surface area (Å²) in [5.74, 6) is 0.739.